The zero-order valence-electron chi connectivity index (χ0n) is 17.0. The number of hydrogen-bond donors (Lipinski definition) is 0. The van der Waals surface area contributed by atoms with E-state index in [9.17, 15) is 17.6 Å². The molecule has 0 radical (unpaired) electrons. The maximum atomic E-state index is 12.0. The second-order valence-corrected chi connectivity index (χ2v) is 12.7. The van der Waals surface area contributed by atoms with Gasteiger partial charge >= 0.3 is 36.0 Å². The summed E-state index contributed by atoms with van der Waals surface area (Å²) in [5.41, 5.74) is 0. The summed E-state index contributed by atoms with van der Waals surface area (Å²) < 4.78 is 47.8. The van der Waals surface area contributed by atoms with Crippen LogP contribution in [0.25, 0.3) is 0 Å². The average Bonchev–Trinajstić information content (AvgIpc) is 2.87. The second kappa shape index (κ2) is 13.9. The molecule has 0 aromatic heterocycles. The van der Waals surface area contributed by atoms with Crippen molar-refractivity contribution in [2.24, 2.45) is 0 Å². The van der Waals surface area contributed by atoms with E-state index in [0.29, 0.717) is 6.07 Å². The van der Waals surface area contributed by atoms with Gasteiger partial charge in [-0.15, -0.1) is 12.1 Å². The number of hydrogen-bond acceptors (Lipinski definition) is 0. The van der Waals surface area contributed by atoms with Crippen molar-refractivity contribution in [3.63, 3.8) is 0 Å². The normalized spacial score (nSPS) is 10.5. The van der Waals surface area contributed by atoms with Crippen molar-refractivity contribution in [3.05, 3.63) is 133 Å². The van der Waals surface area contributed by atoms with Crippen molar-refractivity contribution in [3.8, 4) is 0 Å². The molecular formula is C25H18AuCl2F4P-2. The molecule has 0 bridgehead atoms. The van der Waals surface area contributed by atoms with Crippen LogP contribution in [0.15, 0.2) is 97.1 Å². The molecule has 0 heterocycles. The van der Waals surface area contributed by atoms with E-state index in [1.165, 1.54) is 15.9 Å². The van der Waals surface area contributed by atoms with Gasteiger partial charge in [-0.3, -0.25) is 8.78 Å². The van der Waals surface area contributed by atoms with Crippen molar-refractivity contribution >= 4 is 41.6 Å². The van der Waals surface area contributed by atoms with E-state index < -0.39 is 30.5 Å². The molecular weight excluding hydrogens is 675 g/mol. The molecule has 0 atom stereocenters. The van der Waals surface area contributed by atoms with Crippen LogP contribution in [0, 0.1) is 36.0 Å². The molecule has 0 N–H and O–H groups in total. The van der Waals surface area contributed by atoms with E-state index in [1.807, 2.05) is 0 Å². The zero-order valence-corrected chi connectivity index (χ0v) is 21.5. The summed E-state index contributed by atoms with van der Waals surface area (Å²) in [5.74, 6) is -6.60. The van der Waals surface area contributed by atoms with E-state index in [2.05, 4.69) is 91.0 Å². The molecule has 0 saturated heterocycles. The third-order valence-electron chi connectivity index (χ3n) is 4.51. The van der Waals surface area contributed by atoms with Crippen LogP contribution in [-0.4, -0.2) is 0 Å². The number of rotatable bonds is 3. The van der Waals surface area contributed by atoms with Gasteiger partial charge in [0.1, 0.15) is 0 Å². The SMILES string of the molecule is Fc1[c-]cc(F)c(F)c1F.[CH2-][P+](c1ccccc1)(c1ccccc1)c1ccccc1.[Cl][Au-][Cl]. The first-order valence-corrected chi connectivity index (χ1v) is 16.6. The fraction of sp³-hybridized carbons (Fsp3) is 0. The molecule has 0 unspecified atom stereocenters. The van der Waals surface area contributed by atoms with Crippen molar-refractivity contribution in [2.75, 3.05) is 0 Å². The van der Waals surface area contributed by atoms with Gasteiger partial charge in [-0.05, 0) is 43.7 Å². The van der Waals surface area contributed by atoms with Crippen LogP contribution in [0.5, 0.6) is 0 Å². The second-order valence-electron chi connectivity index (χ2n) is 6.44. The minimum atomic E-state index is -1.83. The van der Waals surface area contributed by atoms with Crippen LogP contribution in [-0.2, 0) is 17.6 Å². The van der Waals surface area contributed by atoms with Crippen LogP contribution in [0.1, 0.15) is 0 Å². The summed E-state index contributed by atoms with van der Waals surface area (Å²) in [6.45, 7) is 4.69. The van der Waals surface area contributed by atoms with Gasteiger partial charge in [-0.2, -0.15) is 6.66 Å². The molecule has 0 aliphatic carbocycles. The minimum absolute atomic E-state index is 0.389. The molecule has 0 amide bonds. The van der Waals surface area contributed by atoms with Crippen molar-refractivity contribution in [1.29, 1.82) is 0 Å². The first kappa shape index (κ1) is 27.6. The Balaban J connectivity index is 0.000000249. The van der Waals surface area contributed by atoms with Gasteiger partial charge in [-0.25, -0.2) is 8.78 Å². The van der Waals surface area contributed by atoms with Crippen LogP contribution >= 0.6 is 25.6 Å². The molecule has 4 aromatic rings. The monoisotopic (exact) mass is 692 g/mol. The van der Waals surface area contributed by atoms with Crippen LogP contribution in [0.3, 0.4) is 0 Å². The molecule has 0 nitrogen and oxygen atoms in total. The predicted molar refractivity (Wildman–Crippen MR) is 127 cm³/mol. The Morgan fingerprint density at radius 1 is 0.636 bits per heavy atom. The molecule has 0 aliphatic heterocycles. The van der Waals surface area contributed by atoms with Gasteiger partial charge < -0.3 is 0 Å². The summed E-state index contributed by atoms with van der Waals surface area (Å²) in [7, 11) is 7.95. The summed E-state index contributed by atoms with van der Waals surface area (Å²) in [6.07, 6.45) is 0. The molecule has 178 valence electrons. The molecule has 0 spiro atoms. The van der Waals surface area contributed by atoms with Gasteiger partial charge in [0, 0.05) is 11.6 Å². The molecule has 0 fully saturated rings. The molecule has 8 heteroatoms. The molecule has 0 aliphatic rings. The van der Waals surface area contributed by atoms with Crippen LogP contribution in [0.2, 0.25) is 0 Å². The molecule has 0 saturated carbocycles. The Kier molecular flexibility index (Phi) is 11.6. The van der Waals surface area contributed by atoms with E-state index in [-0.39, 0.29) is 17.6 Å². The summed E-state index contributed by atoms with van der Waals surface area (Å²) >= 11 is -0.389. The first-order chi connectivity index (χ1) is 15.9. The Morgan fingerprint density at radius 2 is 0.970 bits per heavy atom. The van der Waals surface area contributed by atoms with E-state index in [1.54, 1.807) is 6.07 Å². The van der Waals surface area contributed by atoms with Gasteiger partial charge in [-0.1, -0.05) is 54.6 Å². The summed E-state index contributed by atoms with van der Waals surface area (Å²) in [4.78, 5) is 0. The Labute approximate surface area is 208 Å². The molecule has 4 rings (SSSR count). The van der Waals surface area contributed by atoms with Gasteiger partial charge in [0.05, 0.1) is 27.5 Å². The van der Waals surface area contributed by atoms with Gasteiger partial charge in [0.25, 0.3) is 0 Å². The molecule has 33 heavy (non-hydrogen) atoms. The van der Waals surface area contributed by atoms with Crippen molar-refractivity contribution < 1.29 is 35.2 Å². The van der Waals surface area contributed by atoms with Crippen molar-refractivity contribution in [1.82, 2.24) is 0 Å². The van der Waals surface area contributed by atoms with E-state index in [4.69, 9.17) is 25.0 Å². The summed E-state index contributed by atoms with van der Waals surface area (Å²) in [5, 5.41) is 3.95. The topological polar surface area (TPSA) is 0 Å². The van der Waals surface area contributed by atoms with Gasteiger partial charge in [0.15, 0.2) is 0 Å². The quantitative estimate of drug-likeness (QED) is 0.0533. The fourth-order valence-electron chi connectivity index (χ4n) is 2.95. The average molecular weight is 693 g/mol. The predicted octanol–water partition coefficient (Wildman–Crippen LogP) is 7.19. The Hall–Kier alpha value is -1.65. The Morgan fingerprint density at radius 3 is 1.27 bits per heavy atom. The van der Waals surface area contributed by atoms with Gasteiger partial charge in [0.2, 0.25) is 0 Å². The fourth-order valence-corrected chi connectivity index (χ4v) is 5.89. The standard InChI is InChI=1S/C19H17P.C6HF4.Au.2ClH/c1-20(17-11-5-2-6-12-17,18-13-7-3-8-14-18)19-15-9-4-10-16-19;7-3-1-2-4(8)6(10)5(3)9;;;/h2-16H,1H2;1H;;2*1H/q;-1;+1;;/p-2. The molecule has 4 aromatic carbocycles. The first-order valence-electron chi connectivity index (χ1n) is 9.28. The zero-order chi connectivity index (χ0) is 24.3. The van der Waals surface area contributed by atoms with Crippen molar-refractivity contribution in [2.45, 2.75) is 0 Å². The third kappa shape index (κ3) is 7.42. The third-order valence-corrected chi connectivity index (χ3v) is 8.05. The van der Waals surface area contributed by atoms with E-state index in [0.717, 1.165) is 0 Å². The number of benzene rings is 4. The number of halogens is 6. The van der Waals surface area contributed by atoms with Crippen LogP contribution < -0.4 is 15.9 Å². The summed E-state index contributed by atoms with van der Waals surface area (Å²) in [6, 6.07) is 33.9. The Bertz CT molecular complexity index is 994. The maximum absolute atomic E-state index is 12.0. The van der Waals surface area contributed by atoms with E-state index >= 15 is 0 Å². The van der Waals surface area contributed by atoms with Crippen LogP contribution in [0.4, 0.5) is 17.6 Å².